The summed E-state index contributed by atoms with van der Waals surface area (Å²) in [5.74, 6) is -0.427. The minimum atomic E-state index is -0.430. The zero-order chi connectivity index (χ0) is 14.1. The molecule has 0 aliphatic carbocycles. The summed E-state index contributed by atoms with van der Waals surface area (Å²) in [6.07, 6.45) is 6.28. The summed E-state index contributed by atoms with van der Waals surface area (Å²) in [5, 5.41) is 0. The second-order valence-corrected chi connectivity index (χ2v) is 4.20. The van der Waals surface area contributed by atoms with E-state index in [4.69, 9.17) is 4.74 Å². The molecule has 0 aromatic carbocycles. The predicted molar refractivity (Wildman–Crippen MR) is 67.4 cm³/mol. The van der Waals surface area contributed by atoms with Crippen molar-refractivity contribution in [1.82, 2.24) is 4.90 Å². The number of hydrogen-bond donors (Lipinski definition) is 0. The van der Waals surface area contributed by atoms with Gasteiger partial charge in [-0.05, 0) is 12.8 Å². The van der Waals surface area contributed by atoms with Crippen molar-refractivity contribution in [1.29, 1.82) is 0 Å². The van der Waals surface area contributed by atoms with Crippen LogP contribution in [0.2, 0.25) is 0 Å². The van der Waals surface area contributed by atoms with Crippen LogP contribution in [0.4, 0.5) is 0 Å². The van der Waals surface area contributed by atoms with Crippen molar-refractivity contribution in [3.63, 3.8) is 0 Å². The largest absolute Gasteiger partial charge is 0.467 e. The van der Waals surface area contributed by atoms with Gasteiger partial charge in [0.05, 0.1) is 19.8 Å². The number of piperidine rings is 1. The first-order valence-electron chi connectivity index (χ1n) is 6.23. The molecular weight excluding hydrogens is 250 g/mol. The molecule has 1 rings (SSSR count). The third kappa shape index (κ3) is 5.21. The summed E-state index contributed by atoms with van der Waals surface area (Å²) in [5.41, 5.74) is 0. The zero-order valence-electron chi connectivity index (χ0n) is 11.0. The minimum Gasteiger partial charge on any atom is -0.467 e. The second-order valence-electron chi connectivity index (χ2n) is 4.20. The molecule has 0 saturated carbocycles. The number of rotatable bonds is 7. The Labute approximate surface area is 112 Å². The number of nitrogens with zero attached hydrogens (tertiary/aromatic N) is 1. The number of likely N-dealkylation sites (tertiary alicyclic amines) is 1. The van der Waals surface area contributed by atoms with Crippen molar-refractivity contribution < 1.29 is 23.9 Å². The number of hydrogen-bond acceptors (Lipinski definition) is 5. The maximum Gasteiger partial charge on any atom is 0.331 e. The van der Waals surface area contributed by atoms with Gasteiger partial charge in [-0.15, -0.1) is 0 Å². The number of esters is 1. The van der Waals surface area contributed by atoms with E-state index in [2.05, 4.69) is 4.74 Å². The lowest BCUT2D eigenvalue weighted by molar-refractivity contribution is -0.145. The number of carbonyl (C=O) groups is 3. The van der Waals surface area contributed by atoms with Gasteiger partial charge in [0.2, 0.25) is 5.91 Å². The molecule has 1 aliphatic rings. The van der Waals surface area contributed by atoms with Crippen molar-refractivity contribution in [3.05, 3.63) is 12.2 Å². The van der Waals surface area contributed by atoms with E-state index in [1.165, 1.54) is 7.11 Å². The smallest absolute Gasteiger partial charge is 0.331 e. The molecule has 1 atom stereocenters. The van der Waals surface area contributed by atoms with E-state index in [0.29, 0.717) is 13.0 Å². The third-order valence-corrected chi connectivity index (χ3v) is 2.90. The number of aldehydes is 1. The summed E-state index contributed by atoms with van der Waals surface area (Å²) in [4.78, 5) is 34.8. The van der Waals surface area contributed by atoms with Gasteiger partial charge in [0.1, 0.15) is 12.9 Å². The van der Waals surface area contributed by atoms with Crippen molar-refractivity contribution >= 4 is 18.2 Å². The van der Waals surface area contributed by atoms with Crippen molar-refractivity contribution in [2.45, 2.75) is 25.3 Å². The molecule has 0 bridgehead atoms. The van der Waals surface area contributed by atoms with Gasteiger partial charge in [0.15, 0.2) is 0 Å². The van der Waals surface area contributed by atoms with Gasteiger partial charge in [-0.25, -0.2) is 4.79 Å². The van der Waals surface area contributed by atoms with Gasteiger partial charge in [0.25, 0.3) is 0 Å². The van der Waals surface area contributed by atoms with Crippen LogP contribution in [-0.2, 0) is 23.9 Å². The van der Waals surface area contributed by atoms with E-state index in [9.17, 15) is 14.4 Å². The SMILES string of the molecule is COC(=O)COCC=CCN1C(=O)CCC[C@@H]1C=O. The normalized spacial score (nSPS) is 19.7. The van der Waals surface area contributed by atoms with Crippen LogP contribution in [0.3, 0.4) is 0 Å². The molecule has 19 heavy (non-hydrogen) atoms. The lowest BCUT2D eigenvalue weighted by Gasteiger charge is -2.31. The fourth-order valence-electron chi connectivity index (χ4n) is 1.85. The molecule has 6 heteroatoms. The van der Waals surface area contributed by atoms with Crippen LogP contribution in [0, 0.1) is 0 Å². The molecule has 1 aliphatic heterocycles. The van der Waals surface area contributed by atoms with Crippen molar-refractivity contribution in [2.75, 3.05) is 26.9 Å². The highest BCUT2D eigenvalue weighted by Gasteiger charge is 2.26. The first-order chi connectivity index (χ1) is 9.19. The van der Waals surface area contributed by atoms with E-state index < -0.39 is 5.97 Å². The van der Waals surface area contributed by atoms with Gasteiger partial charge in [-0.3, -0.25) is 4.79 Å². The standard InChI is InChI=1S/C13H19NO5/c1-18-13(17)10-19-8-3-2-7-14-11(9-15)5-4-6-12(14)16/h2-3,9,11H,4-8,10H2,1H3/t11-/m1/s1. The average Bonchev–Trinajstić information content (AvgIpc) is 2.43. The second kappa shape index (κ2) is 8.42. The topological polar surface area (TPSA) is 72.9 Å². The number of ether oxygens (including phenoxy) is 2. The molecule has 0 unspecified atom stereocenters. The van der Waals surface area contributed by atoms with Gasteiger partial charge >= 0.3 is 5.97 Å². The van der Waals surface area contributed by atoms with Crippen LogP contribution < -0.4 is 0 Å². The molecule has 0 aromatic heterocycles. The van der Waals surface area contributed by atoms with Crippen molar-refractivity contribution in [2.24, 2.45) is 0 Å². The summed E-state index contributed by atoms with van der Waals surface area (Å²) in [6, 6.07) is -0.318. The van der Waals surface area contributed by atoms with Gasteiger partial charge < -0.3 is 19.2 Å². The molecule has 1 heterocycles. The number of methoxy groups -OCH3 is 1. The van der Waals surface area contributed by atoms with Gasteiger partial charge in [-0.2, -0.15) is 0 Å². The molecule has 1 amide bonds. The fraction of sp³-hybridized carbons (Fsp3) is 0.615. The Balaban J connectivity index is 2.27. The molecule has 1 fully saturated rings. The third-order valence-electron chi connectivity index (χ3n) is 2.90. The number of amides is 1. The molecule has 106 valence electrons. The van der Waals surface area contributed by atoms with Gasteiger partial charge in [0, 0.05) is 13.0 Å². The van der Waals surface area contributed by atoms with E-state index in [1.807, 2.05) is 0 Å². The van der Waals surface area contributed by atoms with E-state index >= 15 is 0 Å². The lowest BCUT2D eigenvalue weighted by atomic mass is 10.0. The molecule has 0 N–H and O–H groups in total. The zero-order valence-corrected chi connectivity index (χ0v) is 11.0. The van der Waals surface area contributed by atoms with E-state index in [1.54, 1.807) is 17.1 Å². The van der Waals surface area contributed by atoms with Crippen molar-refractivity contribution in [3.8, 4) is 0 Å². The fourth-order valence-corrected chi connectivity index (χ4v) is 1.85. The molecular formula is C13H19NO5. The van der Waals surface area contributed by atoms with Crippen LogP contribution >= 0.6 is 0 Å². The van der Waals surface area contributed by atoms with Gasteiger partial charge in [-0.1, -0.05) is 12.2 Å². The summed E-state index contributed by atoms with van der Waals surface area (Å²) < 4.78 is 9.44. The molecule has 0 radical (unpaired) electrons. The Morgan fingerprint density at radius 2 is 2.26 bits per heavy atom. The predicted octanol–water partition coefficient (Wildman–Crippen LogP) is 0.312. The quantitative estimate of drug-likeness (QED) is 0.288. The molecule has 0 aromatic rings. The minimum absolute atomic E-state index is 0.00322. The van der Waals surface area contributed by atoms with Crippen LogP contribution in [-0.4, -0.2) is 56.0 Å². The van der Waals surface area contributed by atoms with Crippen LogP contribution in [0.1, 0.15) is 19.3 Å². The Bertz CT molecular complexity index is 353. The summed E-state index contributed by atoms with van der Waals surface area (Å²) in [7, 11) is 1.29. The van der Waals surface area contributed by atoms with Crippen LogP contribution in [0.15, 0.2) is 12.2 Å². The Hall–Kier alpha value is -1.69. The maximum atomic E-state index is 11.7. The summed E-state index contributed by atoms with van der Waals surface area (Å²) in [6.45, 7) is 0.563. The summed E-state index contributed by atoms with van der Waals surface area (Å²) >= 11 is 0. The highest BCUT2D eigenvalue weighted by molar-refractivity contribution is 5.81. The average molecular weight is 269 g/mol. The lowest BCUT2D eigenvalue weighted by Crippen LogP contribution is -2.44. The highest BCUT2D eigenvalue weighted by Crippen LogP contribution is 2.16. The van der Waals surface area contributed by atoms with Crippen LogP contribution in [0.5, 0.6) is 0 Å². The highest BCUT2D eigenvalue weighted by atomic mass is 16.6. The first-order valence-corrected chi connectivity index (χ1v) is 6.23. The monoisotopic (exact) mass is 269 g/mol. The molecule has 1 saturated heterocycles. The Kier molecular flexibility index (Phi) is 6.81. The first kappa shape index (κ1) is 15.4. The Morgan fingerprint density at radius 1 is 1.47 bits per heavy atom. The van der Waals surface area contributed by atoms with E-state index in [-0.39, 0.29) is 25.2 Å². The molecule has 6 nitrogen and oxygen atoms in total. The molecule has 0 spiro atoms. The van der Waals surface area contributed by atoms with Crippen LogP contribution in [0.25, 0.3) is 0 Å². The van der Waals surface area contributed by atoms with E-state index in [0.717, 1.165) is 19.1 Å². The maximum absolute atomic E-state index is 11.7. The Morgan fingerprint density at radius 3 is 2.95 bits per heavy atom. The number of carbonyl (C=O) groups excluding carboxylic acids is 3.